The number of halogens is 1. The second kappa shape index (κ2) is 6.12. The van der Waals surface area contributed by atoms with Crippen molar-refractivity contribution in [3.63, 3.8) is 0 Å². The SMILES string of the molecule is COc1cc(C)c(Cl)cc1CCNC(=O)C#N. The monoisotopic (exact) mass is 252 g/mol. The molecular weight excluding hydrogens is 240 g/mol. The second-order valence-corrected chi connectivity index (χ2v) is 3.94. The highest BCUT2D eigenvalue weighted by Crippen LogP contribution is 2.26. The van der Waals surface area contributed by atoms with Gasteiger partial charge in [0.05, 0.1) is 7.11 Å². The van der Waals surface area contributed by atoms with E-state index in [2.05, 4.69) is 5.32 Å². The molecule has 0 saturated heterocycles. The van der Waals surface area contributed by atoms with E-state index in [9.17, 15) is 4.79 Å². The summed E-state index contributed by atoms with van der Waals surface area (Å²) in [6.45, 7) is 2.27. The number of amides is 1. The molecule has 4 nitrogen and oxygen atoms in total. The molecule has 0 radical (unpaired) electrons. The van der Waals surface area contributed by atoms with Crippen molar-refractivity contribution in [1.29, 1.82) is 5.26 Å². The van der Waals surface area contributed by atoms with Crippen LogP contribution in [0.3, 0.4) is 0 Å². The Bertz CT molecular complexity index is 466. The van der Waals surface area contributed by atoms with E-state index in [1.54, 1.807) is 7.11 Å². The number of carbonyl (C=O) groups is 1. The fraction of sp³-hybridized carbons (Fsp3) is 0.333. The van der Waals surface area contributed by atoms with Crippen LogP contribution in [0, 0.1) is 18.3 Å². The Morgan fingerprint density at radius 3 is 2.88 bits per heavy atom. The number of nitrogens with zero attached hydrogens (tertiary/aromatic N) is 1. The van der Waals surface area contributed by atoms with Gasteiger partial charge in [-0.3, -0.25) is 4.79 Å². The van der Waals surface area contributed by atoms with Crippen molar-refractivity contribution in [2.75, 3.05) is 13.7 Å². The maximum absolute atomic E-state index is 10.7. The standard InChI is InChI=1S/C12H13ClN2O2/c1-8-5-11(17-2)9(6-10(8)13)3-4-15-12(16)7-14/h5-6H,3-4H2,1-2H3,(H,15,16). The van der Waals surface area contributed by atoms with Crippen molar-refractivity contribution in [2.45, 2.75) is 13.3 Å². The van der Waals surface area contributed by atoms with E-state index >= 15 is 0 Å². The predicted molar refractivity (Wildman–Crippen MR) is 65.1 cm³/mol. The van der Waals surface area contributed by atoms with Crippen molar-refractivity contribution in [3.8, 4) is 11.8 Å². The molecule has 17 heavy (non-hydrogen) atoms. The number of rotatable bonds is 4. The Morgan fingerprint density at radius 1 is 1.59 bits per heavy atom. The highest BCUT2D eigenvalue weighted by Gasteiger charge is 2.07. The Labute approximate surface area is 105 Å². The highest BCUT2D eigenvalue weighted by molar-refractivity contribution is 6.31. The van der Waals surface area contributed by atoms with E-state index < -0.39 is 5.91 Å². The largest absolute Gasteiger partial charge is 0.496 e. The third kappa shape index (κ3) is 3.65. The van der Waals surface area contributed by atoms with Crippen LogP contribution in [0.1, 0.15) is 11.1 Å². The zero-order valence-corrected chi connectivity index (χ0v) is 10.5. The number of hydrogen-bond acceptors (Lipinski definition) is 3. The first-order valence-corrected chi connectivity index (χ1v) is 5.47. The van der Waals surface area contributed by atoms with E-state index in [0.717, 1.165) is 16.9 Å². The number of nitrogens with one attached hydrogen (secondary N) is 1. The lowest BCUT2D eigenvalue weighted by atomic mass is 10.1. The smallest absolute Gasteiger partial charge is 0.322 e. The summed E-state index contributed by atoms with van der Waals surface area (Å²) in [7, 11) is 1.58. The second-order valence-electron chi connectivity index (χ2n) is 3.53. The Kier molecular flexibility index (Phi) is 4.80. The number of carbonyl (C=O) groups excluding carboxylic acids is 1. The molecule has 0 spiro atoms. The Morgan fingerprint density at radius 2 is 2.29 bits per heavy atom. The molecule has 0 aliphatic rings. The number of nitriles is 1. The molecule has 0 aromatic heterocycles. The van der Waals surface area contributed by atoms with Crippen LogP contribution in [0.25, 0.3) is 0 Å². The fourth-order valence-electron chi connectivity index (χ4n) is 1.43. The minimum atomic E-state index is -0.637. The van der Waals surface area contributed by atoms with Gasteiger partial charge in [0.25, 0.3) is 0 Å². The van der Waals surface area contributed by atoms with Crippen LogP contribution in [-0.4, -0.2) is 19.6 Å². The average Bonchev–Trinajstić information content (AvgIpc) is 2.32. The average molecular weight is 253 g/mol. The molecule has 0 aliphatic carbocycles. The molecule has 0 aliphatic heterocycles. The van der Waals surface area contributed by atoms with Gasteiger partial charge in [0, 0.05) is 11.6 Å². The molecule has 0 heterocycles. The molecule has 1 amide bonds. The van der Waals surface area contributed by atoms with Gasteiger partial charge in [0.1, 0.15) is 5.75 Å². The first-order valence-electron chi connectivity index (χ1n) is 5.09. The summed E-state index contributed by atoms with van der Waals surface area (Å²) >= 11 is 6.02. The number of hydrogen-bond donors (Lipinski definition) is 1. The zero-order chi connectivity index (χ0) is 12.8. The topological polar surface area (TPSA) is 62.1 Å². The van der Waals surface area contributed by atoms with E-state index in [4.69, 9.17) is 21.6 Å². The summed E-state index contributed by atoms with van der Waals surface area (Å²) < 4.78 is 5.23. The third-order valence-corrected chi connectivity index (χ3v) is 2.75. The van der Waals surface area contributed by atoms with Gasteiger partial charge in [-0.1, -0.05) is 11.6 Å². The van der Waals surface area contributed by atoms with Crippen molar-refractivity contribution in [3.05, 3.63) is 28.3 Å². The quantitative estimate of drug-likeness (QED) is 0.832. The van der Waals surface area contributed by atoms with Crippen LogP contribution in [0.5, 0.6) is 5.75 Å². The Balaban J connectivity index is 2.74. The number of benzene rings is 1. The molecule has 0 bridgehead atoms. The summed E-state index contributed by atoms with van der Waals surface area (Å²) in [4.78, 5) is 10.7. The zero-order valence-electron chi connectivity index (χ0n) is 9.71. The molecule has 0 atom stereocenters. The van der Waals surface area contributed by atoms with Gasteiger partial charge in [-0.05, 0) is 36.6 Å². The number of aryl methyl sites for hydroxylation is 1. The molecule has 0 unspecified atom stereocenters. The first-order chi connectivity index (χ1) is 8.08. The molecule has 1 aromatic carbocycles. The molecule has 0 fully saturated rings. The predicted octanol–water partition coefficient (Wildman–Crippen LogP) is 1.84. The van der Waals surface area contributed by atoms with Crippen LogP contribution >= 0.6 is 11.6 Å². The van der Waals surface area contributed by atoms with Gasteiger partial charge in [0.2, 0.25) is 0 Å². The highest BCUT2D eigenvalue weighted by atomic mass is 35.5. The lowest BCUT2D eigenvalue weighted by Gasteiger charge is -2.10. The third-order valence-electron chi connectivity index (χ3n) is 2.34. The number of methoxy groups -OCH3 is 1. The summed E-state index contributed by atoms with van der Waals surface area (Å²) in [6, 6.07) is 5.16. The van der Waals surface area contributed by atoms with E-state index in [-0.39, 0.29) is 0 Å². The van der Waals surface area contributed by atoms with Crippen molar-refractivity contribution < 1.29 is 9.53 Å². The van der Waals surface area contributed by atoms with Gasteiger partial charge in [-0.2, -0.15) is 5.26 Å². The molecular formula is C12H13ClN2O2. The summed E-state index contributed by atoms with van der Waals surface area (Å²) in [5.74, 6) is 0.0975. The van der Waals surface area contributed by atoms with Gasteiger partial charge >= 0.3 is 5.91 Å². The lowest BCUT2D eigenvalue weighted by molar-refractivity contribution is -0.115. The van der Waals surface area contributed by atoms with E-state index in [1.807, 2.05) is 19.1 Å². The normalized spacial score (nSPS) is 9.53. The van der Waals surface area contributed by atoms with Gasteiger partial charge in [-0.25, -0.2) is 0 Å². The van der Waals surface area contributed by atoms with Crippen molar-refractivity contribution >= 4 is 17.5 Å². The molecule has 90 valence electrons. The van der Waals surface area contributed by atoms with E-state index in [0.29, 0.717) is 18.0 Å². The first kappa shape index (κ1) is 13.3. The summed E-state index contributed by atoms with van der Waals surface area (Å²) in [5, 5.41) is 11.4. The fourth-order valence-corrected chi connectivity index (χ4v) is 1.62. The van der Waals surface area contributed by atoms with Crippen LogP contribution in [0.2, 0.25) is 5.02 Å². The summed E-state index contributed by atoms with van der Waals surface area (Å²) in [6.07, 6.45) is 0.566. The molecule has 5 heteroatoms. The minimum Gasteiger partial charge on any atom is -0.496 e. The van der Waals surface area contributed by atoms with Crippen molar-refractivity contribution in [2.24, 2.45) is 0 Å². The Hall–Kier alpha value is -1.73. The van der Waals surface area contributed by atoms with Crippen molar-refractivity contribution in [1.82, 2.24) is 5.32 Å². The van der Waals surface area contributed by atoms with Crippen LogP contribution in [0.15, 0.2) is 12.1 Å². The van der Waals surface area contributed by atoms with Gasteiger partial charge < -0.3 is 10.1 Å². The van der Waals surface area contributed by atoms with Crippen LogP contribution in [0.4, 0.5) is 0 Å². The molecule has 0 saturated carbocycles. The molecule has 1 aromatic rings. The minimum absolute atomic E-state index is 0.377. The van der Waals surface area contributed by atoms with Crippen LogP contribution in [-0.2, 0) is 11.2 Å². The summed E-state index contributed by atoms with van der Waals surface area (Å²) in [5.41, 5.74) is 1.84. The van der Waals surface area contributed by atoms with Crippen LogP contribution < -0.4 is 10.1 Å². The maximum Gasteiger partial charge on any atom is 0.322 e. The van der Waals surface area contributed by atoms with Gasteiger partial charge in [-0.15, -0.1) is 0 Å². The number of ether oxygens (including phenoxy) is 1. The molecule has 1 rings (SSSR count). The molecule has 1 N–H and O–H groups in total. The lowest BCUT2D eigenvalue weighted by Crippen LogP contribution is -2.23. The van der Waals surface area contributed by atoms with Gasteiger partial charge in [0.15, 0.2) is 6.07 Å². The maximum atomic E-state index is 10.7. The van der Waals surface area contributed by atoms with E-state index in [1.165, 1.54) is 6.07 Å².